The minimum Gasteiger partial charge on any atom is -0.466 e. The molecule has 1 aliphatic rings. The summed E-state index contributed by atoms with van der Waals surface area (Å²) in [7, 11) is 1.52. The zero-order valence-electron chi connectivity index (χ0n) is 12.7. The van der Waals surface area contributed by atoms with E-state index in [4.69, 9.17) is 4.42 Å². The number of rotatable bonds is 1. The van der Waals surface area contributed by atoms with Crippen LogP contribution in [-0.2, 0) is 9.59 Å². The molecular formula is C16H19NO3. The van der Waals surface area contributed by atoms with Gasteiger partial charge in [0.05, 0.1) is 11.1 Å². The lowest BCUT2D eigenvalue weighted by Crippen LogP contribution is -2.24. The lowest BCUT2D eigenvalue weighted by molar-refractivity contribution is -0.134. The van der Waals surface area contributed by atoms with Crippen LogP contribution in [0.3, 0.4) is 0 Å². The summed E-state index contributed by atoms with van der Waals surface area (Å²) in [4.78, 5) is 25.7. The molecule has 1 aliphatic heterocycles. The van der Waals surface area contributed by atoms with Crippen LogP contribution in [0.25, 0.3) is 5.57 Å². The van der Waals surface area contributed by atoms with Crippen LogP contribution in [-0.4, -0.2) is 23.8 Å². The number of likely N-dealkylation sites (tertiary alicyclic amines) is 1. The summed E-state index contributed by atoms with van der Waals surface area (Å²) in [5.41, 5.74) is 3.51. The molecule has 0 aliphatic carbocycles. The first-order valence-corrected chi connectivity index (χ1v) is 6.54. The van der Waals surface area contributed by atoms with Gasteiger partial charge >= 0.3 is 0 Å². The molecule has 0 atom stereocenters. The molecule has 2 heterocycles. The molecule has 2 rings (SSSR count). The number of likely N-dealkylation sites (N-methyl/N-ethyl adjacent to an activating group) is 1. The van der Waals surface area contributed by atoms with Gasteiger partial charge in [0.15, 0.2) is 0 Å². The van der Waals surface area contributed by atoms with Crippen molar-refractivity contribution >= 4 is 17.4 Å². The summed E-state index contributed by atoms with van der Waals surface area (Å²) in [5, 5.41) is 0. The molecule has 1 fully saturated rings. The largest absolute Gasteiger partial charge is 0.466 e. The number of furan rings is 1. The second-order valence-electron chi connectivity index (χ2n) is 5.37. The molecule has 1 aromatic rings. The maximum Gasteiger partial charge on any atom is 0.261 e. The second kappa shape index (κ2) is 4.78. The fourth-order valence-electron chi connectivity index (χ4n) is 2.59. The molecule has 0 aromatic carbocycles. The fraction of sp³-hybridized carbons (Fsp3) is 0.375. The molecule has 0 spiro atoms. The van der Waals surface area contributed by atoms with Crippen LogP contribution in [0.15, 0.2) is 27.2 Å². The Morgan fingerprint density at radius 2 is 1.60 bits per heavy atom. The Kier molecular flexibility index (Phi) is 3.42. The number of amides is 2. The van der Waals surface area contributed by atoms with E-state index in [-0.39, 0.29) is 11.8 Å². The highest BCUT2D eigenvalue weighted by atomic mass is 16.3. The highest BCUT2D eigenvalue weighted by Crippen LogP contribution is 2.34. The van der Waals surface area contributed by atoms with Crippen LogP contribution in [0.2, 0.25) is 0 Å². The van der Waals surface area contributed by atoms with Gasteiger partial charge in [0.2, 0.25) is 0 Å². The summed E-state index contributed by atoms with van der Waals surface area (Å²) in [6, 6.07) is 1.90. The van der Waals surface area contributed by atoms with E-state index in [1.165, 1.54) is 11.9 Å². The van der Waals surface area contributed by atoms with Gasteiger partial charge in [-0.2, -0.15) is 0 Å². The zero-order chi connectivity index (χ0) is 15.2. The Balaban J connectivity index is 2.73. The smallest absolute Gasteiger partial charge is 0.261 e. The van der Waals surface area contributed by atoms with Crippen LogP contribution in [0.4, 0.5) is 0 Å². The average molecular weight is 273 g/mol. The molecule has 4 heteroatoms. The highest BCUT2D eigenvalue weighted by molar-refractivity contribution is 6.27. The average Bonchev–Trinajstić information content (AvgIpc) is 2.80. The van der Waals surface area contributed by atoms with Crippen LogP contribution < -0.4 is 0 Å². The van der Waals surface area contributed by atoms with Crippen LogP contribution >= 0.6 is 0 Å². The lowest BCUT2D eigenvalue weighted by atomic mass is 9.95. The van der Waals surface area contributed by atoms with Crippen LogP contribution in [0.5, 0.6) is 0 Å². The predicted molar refractivity (Wildman–Crippen MR) is 76.9 cm³/mol. The summed E-state index contributed by atoms with van der Waals surface area (Å²) < 4.78 is 5.52. The van der Waals surface area contributed by atoms with E-state index in [2.05, 4.69) is 0 Å². The molecule has 2 amide bonds. The quantitative estimate of drug-likeness (QED) is 0.584. The van der Waals surface area contributed by atoms with Crippen molar-refractivity contribution < 1.29 is 14.0 Å². The summed E-state index contributed by atoms with van der Waals surface area (Å²) >= 11 is 0. The van der Waals surface area contributed by atoms with Crippen molar-refractivity contribution in [2.45, 2.75) is 34.6 Å². The van der Waals surface area contributed by atoms with Gasteiger partial charge in [-0.25, -0.2) is 0 Å². The number of allylic oxidation sites excluding steroid dienone is 2. The first-order chi connectivity index (χ1) is 9.25. The summed E-state index contributed by atoms with van der Waals surface area (Å²) in [6.07, 6.45) is 0. The molecule has 0 bridgehead atoms. The number of carbonyl (C=O) groups is 2. The van der Waals surface area contributed by atoms with E-state index >= 15 is 0 Å². The standard InChI is InChI=1S/C16H19NO3/c1-8(2)13-14(16(19)17(6)15(13)18)10(4)12-7-9(3)20-11(12)5/h7H,1-6H3/b14-10+. The Morgan fingerprint density at radius 3 is 2.05 bits per heavy atom. The van der Waals surface area contributed by atoms with E-state index < -0.39 is 0 Å². The molecular weight excluding hydrogens is 254 g/mol. The highest BCUT2D eigenvalue weighted by Gasteiger charge is 2.38. The van der Waals surface area contributed by atoms with Gasteiger partial charge < -0.3 is 4.42 Å². The van der Waals surface area contributed by atoms with Gasteiger partial charge in [-0.1, -0.05) is 5.57 Å². The molecule has 0 saturated carbocycles. The monoisotopic (exact) mass is 273 g/mol. The molecule has 1 saturated heterocycles. The number of aryl methyl sites for hydroxylation is 2. The predicted octanol–water partition coefficient (Wildman–Crippen LogP) is 3.00. The molecule has 1 aromatic heterocycles. The van der Waals surface area contributed by atoms with Gasteiger partial charge in [-0.05, 0) is 46.3 Å². The Morgan fingerprint density at radius 1 is 1.05 bits per heavy atom. The molecule has 0 unspecified atom stereocenters. The van der Waals surface area contributed by atoms with E-state index in [9.17, 15) is 9.59 Å². The van der Waals surface area contributed by atoms with E-state index in [1.54, 1.807) is 0 Å². The molecule has 106 valence electrons. The van der Waals surface area contributed by atoms with E-state index in [0.29, 0.717) is 11.1 Å². The molecule has 0 radical (unpaired) electrons. The topological polar surface area (TPSA) is 50.5 Å². The van der Waals surface area contributed by atoms with Gasteiger partial charge in [-0.15, -0.1) is 0 Å². The van der Waals surface area contributed by atoms with E-state index in [1.807, 2.05) is 40.7 Å². The number of hydrogen-bond donors (Lipinski definition) is 0. The maximum absolute atomic E-state index is 12.3. The third-order valence-corrected chi connectivity index (χ3v) is 3.61. The number of hydrogen-bond acceptors (Lipinski definition) is 3. The normalized spacial score (nSPS) is 18.1. The van der Waals surface area contributed by atoms with Gasteiger partial charge in [0, 0.05) is 12.6 Å². The van der Waals surface area contributed by atoms with Crippen molar-refractivity contribution in [3.8, 4) is 0 Å². The van der Waals surface area contributed by atoms with Crippen LogP contribution in [0.1, 0.15) is 37.9 Å². The number of nitrogens with zero attached hydrogens (tertiary/aromatic N) is 1. The zero-order valence-corrected chi connectivity index (χ0v) is 12.7. The number of imide groups is 1. The molecule has 0 N–H and O–H groups in total. The molecule has 4 nitrogen and oxygen atoms in total. The van der Waals surface area contributed by atoms with Crippen LogP contribution in [0, 0.1) is 13.8 Å². The van der Waals surface area contributed by atoms with Crippen molar-refractivity contribution in [1.29, 1.82) is 0 Å². The first kappa shape index (κ1) is 14.3. The van der Waals surface area contributed by atoms with Crippen molar-refractivity contribution in [1.82, 2.24) is 4.90 Å². The Bertz CT molecular complexity index is 670. The lowest BCUT2D eigenvalue weighted by Gasteiger charge is -2.06. The van der Waals surface area contributed by atoms with E-state index in [0.717, 1.165) is 28.2 Å². The SMILES string of the molecule is CC(C)=C1C(=O)N(C)C(=O)/C1=C(\C)c1cc(C)oc1C. The first-order valence-electron chi connectivity index (χ1n) is 6.54. The third-order valence-electron chi connectivity index (χ3n) is 3.61. The Hall–Kier alpha value is -2.10. The Labute approximate surface area is 118 Å². The van der Waals surface area contributed by atoms with Crippen molar-refractivity contribution in [2.24, 2.45) is 0 Å². The second-order valence-corrected chi connectivity index (χ2v) is 5.37. The summed E-state index contributed by atoms with van der Waals surface area (Å²) in [5.74, 6) is 1.07. The maximum atomic E-state index is 12.3. The number of carbonyl (C=O) groups excluding carboxylic acids is 2. The van der Waals surface area contributed by atoms with Gasteiger partial charge in [-0.3, -0.25) is 14.5 Å². The molecule has 20 heavy (non-hydrogen) atoms. The van der Waals surface area contributed by atoms with Gasteiger partial charge in [0.1, 0.15) is 11.5 Å². The third kappa shape index (κ3) is 2.01. The minimum atomic E-state index is -0.248. The van der Waals surface area contributed by atoms with Crippen molar-refractivity contribution in [2.75, 3.05) is 7.05 Å². The fourth-order valence-corrected chi connectivity index (χ4v) is 2.59. The summed E-state index contributed by atoms with van der Waals surface area (Å²) in [6.45, 7) is 9.28. The van der Waals surface area contributed by atoms with Crippen molar-refractivity contribution in [3.63, 3.8) is 0 Å². The van der Waals surface area contributed by atoms with Crippen molar-refractivity contribution in [3.05, 3.63) is 39.9 Å². The minimum absolute atomic E-state index is 0.234. The van der Waals surface area contributed by atoms with Gasteiger partial charge in [0.25, 0.3) is 11.8 Å².